The van der Waals surface area contributed by atoms with Crippen molar-refractivity contribution in [1.82, 2.24) is 4.98 Å². The Kier molecular flexibility index (Phi) is 8.03. The number of benzene rings is 8. The van der Waals surface area contributed by atoms with Crippen LogP contribution in [0.15, 0.2) is 192 Å². The number of hydrogen-bond donors (Lipinski definition) is 1. The molecular weight excluding hydrogens is 633 g/mol. The van der Waals surface area contributed by atoms with E-state index >= 15 is 0 Å². The SMILES string of the molecule is NC(=NC(=NCc1ccccc1)c1ccc(-c2cc3ccc4ccccc4c3c3ccccc23)cc1)c1ccc(-c2cccc3cccnc23)cc1. The van der Waals surface area contributed by atoms with E-state index in [4.69, 9.17) is 15.7 Å². The minimum atomic E-state index is 0.409. The van der Waals surface area contributed by atoms with Crippen LogP contribution < -0.4 is 5.73 Å². The lowest BCUT2D eigenvalue weighted by Crippen LogP contribution is -2.16. The molecule has 4 nitrogen and oxygen atoms in total. The van der Waals surface area contributed by atoms with Gasteiger partial charge in [0, 0.05) is 28.3 Å². The number of pyridine rings is 1. The van der Waals surface area contributed by atoms with Gasteiger partial charge in [-0.3, -0.25) is 9.98 Å². The lowest BCUT2D eigenvalue weighted by Gasteiger charge is -2.14. The molecule has 0 radical (unpaired) electrons. The van der Waals surface area contributed by atoms with Gasteiger partial charge in [-0.2, -0.15) is 0 Å². The second-order valence-corrected chi connectivity index (χ2v) is 13.0. The summed E-state index contributed by atoms with van der Waals surface area (Å²) in [5.74, 6) is 0.997. The summed E-state index contributed by atoms with van der Waals surface area (Å²) >= 11 is 0. The van der Waals surface area contributed by atoms with Crippen LogP contribution in [-0.4, -0.2) is 16.7 Å². The Labute approximate surface area is 302 Å². The van der Waals surface area contributed by atoms with E-state index in [0.29, 0.717) is 18.2 Å². The van der Waals surface area contributed by atoms with Crippen molar-refractivity contribution in [3.8, 4) is 22.3 Å². The molecule has 0 amide bonds. The number of nitrogens with zero attached hydrogens (tertiary/aromatic N) is 3. The number of hydrogen-bond acceptors (Lipinski definition) is 2. The van der Waals surface area contributed by atoms with Gasteiger partial charge in [0.25, 0.3) is 0 Å². The molecule has 9 rings (SSSR count). The van der Waals surface area contributed by atoms with Crippen LogP contribution in [0.3, 0.4) is 0 Å². The molecule has 246 valence electrons. The lowest BCUT2D eigenvalue weighted by molar-refractivity contribution is 1.06. The van der Waals surface area contributed by atoms with Gasteiger partial charge in [0.1, 0.15) is 5.84 Å². The number of aliphatic imine (C=N–C) groups is 2. The molecule has 0 atom stereocenters. The zero-order valence-electron chi connectivity index (χ0n) is 28.4. The Hall–Kier alpha value is -6.91. The Balaban J connectivity index is 1.08. The van der Waals surface area contributed by atoms with Crippen molar-refractivity contribution in [2.75, 3.05) is 0 Å². The first-order chi connectivity index (χ1) is 25.7. The molecule has 0 aliphatic carbocycles. The van der Waals surface area contributed by atoms with E-state index in [1.165, 1.54) is 37.9 Å². The molecule has 1 heterocycles. The summed E-state index contributed by atoms with van der Waals surface area (Å²) in [6.45, 7) is 0.491. The van der Waals surface area contributed by atoms with Gasteiger partial charge in [-0.05, 0) is 66.7 Å². The topological polar surface area (TPSA) is 63.6 Å². The summed E-state index contributed by atoms with van der Waals surface area (Å²) in [5, 5.41) is 8.62. The van der Waals surface area contributed by atoms with Gasteiger partial charge in [0.05, 0.1) is 12.1 Å². The van der Waals surface area contributed by atoms with Crippen LogP contribution >= 0.6 is 0 Å². The van der Waals surface area contributed by atoms with E-state index in [0.717, 1.165) is 44.3 Å². The van der Waals surface area contributed by atoms with E-state index in [-0.39, 0.29) is 0 Å². The highest BCUT2D eigenvalue weighted by molar-refractivity contribution is 6.23. The second-order valence-electron chi connectivity index (χ2n) is 13.0. The summed E-state index contributed by atoms with van der Waals surface area (Å²) in [4.78, 5) is 14.6. The molecule has 0 fully saturated rings. The minimum Gasteiger partial charge on any atom is -0.383 e. The van der Waals surface area contributed by atoms with Gasteiger partial charge in [0.15, 0.2) is 5.84 Å². The molecule has 8 aromatic carbocycles. The average molecular weight is 667 g/mol. The number of fused-ring (bicyclic) bond motifs is 6. The Morgan fingerprint density at radius 2 is 1.13 bits per heavy atom. The Bertz CT molecular complexity index is 2790. The fourth-order valence-corrected chi connectivity index (χ4v) is 7.19. The summed E-state index contributed by atoms with van der Waals surface area (Å²) in [6.07, 6.45) is 1.83. The van der Waals surface area contributed by atoms with E-state index in [1.807, 2.05) is 42.6 Å². The third-order valence-corrected chi connectivity index (χ3v) is 9.81. The summed E-state index contributed by atoms with van der Waals surface area (Å²) in [7, 11) is 0. The number of nitrogens with two attached hydrogens (primary N) is 1. The molecule has 0 bridgehead atoms. The van der Waals surface area contributed by atoms with Gasteiger partial charge in [-0.1, -0.05) is 164 Å². The zero-order valence-corrected chi connectivity index (χ0v) is 28.4. The molecule has 4 heteroatoms. The highest BCUT2D eigenvalue weighted by Gasteiger charge is 2.13. The fourth-order valence-electron chi connectivity index (χ4n) is 7.19. The van der Waals surface area contributed by atoms with Crippen molar-refractivity contribution in [1.29, 1.82) is 0 Å². The van der Waals surface area contributed by atoms with Crippen LogP contribution in [0.25, 0.3) is 65.5 Å². The molecule has 0 saturated carbocycles. The number of amidine groups is 2. The molecule has 0 aliphatic heterocycles. The maximum absolute atomic E-state index is 6.71. The Morgan fingerprint density at radius 3 is 1.94 bits per heavy atom. The summed E-state index contributed by atoms with van der Waals surface area (Å²) in [5.41, 5.74) is 15.0. The smallest absolute Gasteiger partial charge is 0.157 e. The number of para-hydroxylation sites is 1. The summed E-state index contributed by atoms with van der Waals surface area (Å²) in [6, 6.07) is 61.3. The third-order valence-electron chi connectivity index (χ3n) is 9.81. The van der Waals surface area contributed by atoms with Crippen LogP contribution in [-0.2, 0) is 6.54 Å². The van der Waals surface area contributed by atoms with Crippen molar-refractivity contribution in [3.63, 3.8) is 0 Å². The lowest BCUT2D eigenvalue weighted by atomic mass is 9.90. The van der Waals surface area contributed by atoms with E-state index in [1.54, 1.807) is 0 Å². The fraction of sp³-hybridized carbons (Fsp3) is 0.0208. The molecule has 0 saturated heterocycles. The predicted octanol–water partition coefficient (Wildman–Crippen LogP) is 11.4. The van der Waals surface area contributed by atoms with Crippen LogP contribution in [0.4, 0.5) is 0 Å². The van der Waals surface area contributed by atoms with Crippen molar-refractivity contribution in [2.45, 2.75) is 6.54 Å². The van der Waals surface area contributed by atoms with Crippen LogP contribution in [0, 0.1) is 0 Å². The van der Waals surface area contributed by atoms with Crippen molar-refractivity contribution < 1.29 is 0 Å². The van der Waals surface area contributed by atoms with Gasteiger partial charge in [0.2, 0.25) is 0 Å². The predicted molar refractivity (Wildman–Crippen MR) is 219 cm³/mol. The van der Waals surface area contributed by atoms with Gasteiger partial charge in [-0.25, -0.2) is 4.99 Å². The van der Waals surface area contributed by atoms with Crippen molar-refractivity contribution >= 4 is 54.9 Å². The van der Waals surface area contributed by atoms with E-state index in [9.17, 15) is 0 Å². The van der Waals surface area contributed by atoms with E-state index in [2.05, 4.69) is 145 Å². The maximum Gasteiger partial charge on any atom is 0.157 e. The molecule has 9 aromatic rings. The first kappa shape index (κ1) is 31.1. The van der Waals surface area contributed by atoms with Gasteiger partial charge < -0.3 is 5.73 Å². The first-order valence-corrected chi connectivity index (χ1v) is 17.5. The highest BCUT2D eigenvalue weighted by atomic mass is 15.0. The van der Waals surface area contributed by atoms with Crippen LogP contribution in [0.5, 0.6) is 0 Å². The Morgan fingerprint density at radius 1 is 0.500 bits per heavy atom. The molecule has 0 spiro atoms. The van der Waals surface area contributed by atoms with Crippen molar-refractivity contribution in [3.05, 3.63) is 199 Å². The third kappa shape index (κ3) is 5.86. The maximum atomic E-state index is 6.71. The minimum absolute atomic E-state index is 0.409. The van der Waals surface area contributed by atoms with Crippen molar-refractivity contribution in [2.24, 2.45) is 15.7 Å². The summed E-state index contributed by atoms with van der Waals surface area (Å²) < 4.78 is 0. The van der Waals surface area contributed by atoms with E-state index < -0.39 is 0 Å². The molecular formula is C48H34N4. The standard InChI is InChI=1S/C48H34N4/c49-47(37-24-19-34(20-25-37)41-18-8-13-36-14-9-29-50-46(36)41)52-48(51-31-32-10-2-1-3-11-32)38-26-21-35(22-27-38)44-30-39-28-23-33-12-4-5-15-40(33)45(39)43-17-7-6-16-42(43)44/h1-30H,31H2,(H2,49,51,52). The average Bonchev–Trinajstić information content (AvgIpc) is 3.22. The number of rotatable bonds is 6. The number of aromatic nitrogens is 1. The normalized spacial score (nSPS) is 12.2. The molecule has 52 heavy (non-hydrogen) atoms. The molecule has 0 unspecified atom stereocenters. The second kappa shape index (κ2) is 13.4. The first-order valence-electron chi connectivity index (χ1n) is 17.5. The monoisotopic (exact) mass is 666 g/mol. The largest absolute Gasteiger partial charge is 0.383 e. The molecule has 0 aliphatic rings. The quantitative estimate of drug-likeness (QED) is 0.109. The zero-order chi connectivity index (χ0) is 34.9. The molecule has 1 aromatic heterocycles. The van der Waals surface area contributed by atoms with Gasteiger partial charge >= 0.3 is 0 Å². The molecule has 2 N–H and O–H groups in total. The van der Waals surface area contributed by atoms with Gasteiger partial charge in [-0.15, -0.1) is 0 Å². The van der Waals surface area contributed by atoms with Crippen LogP contribution in [0.2, 0.25) is 0 Å². The van der Waals surface area contributed by atoms with Crippen LogP contribution in [0.1, 0.15) is 16.7 Å². The highest BCUT2D eigenvalue weighted by Crippen LogP contribution is 2.38.